The number of benzene rings is 2. The third-order valence-electron chi connectivity index (χ3n) is 5.38. The van der Waals surface area contributed by atoms with Gasteiger partial charge in [0, 0.05) is 0 Å². The van der Waals surface area contributed by atoms with Gasteiger partial charge in [0.15, 0.2) is 0 Å². The van der Waals surface area contributed by atoms with E-state index in [1.807, 2.05) is 0 Å². The first kappa shape index (κ1) is 12.2. The Balaban J connectivity index is 1.99. The van der Waals surface area contributed by atoms with Gasteiger partial charge in [0.1, 0.15) is 0 Å². The molecule has 4 heterocycles. The van der Waals surface area contributed by atoms with Gasteiger partial charge in [-0.1, -0.05) is 0 Å². The summed E-state index contributed by atoms with van der Waals surface area (Å²) in [5, 5.41) is 6.18. The van der Waals surface area contributed by atoms with Crippen molar-refractivity contribution in [1.82, 2.24) is 4.98 Å². The predicted molar refractivity (Wildman–Crippen MR) is 98.6 cm³/mol. The number of nitrogens with one attached hydrogen (secondary N) is 1. The molecule has 0 fully saturated rings. The van der Waals surface area contributed by atoms with Crippen LogP contribution >= 0.6 is 0 Å². The topological polar surface area (TPSA) is 37.3 Å². The molecule has 0 aliphatic carbocycles. The molecule has 3 aromatic rings. The second kappa shape index (κ2) is 3.79. The zero-order chi connectivity index (χ0) is 15.2. The molecule has 1 N–H and O–H groups in total. The second-order valence-corrected chi connectivity index (χ2v) is 9.20. The Morgan fingerprint density at radius 3 is 2.78 bits per heavy atom. The van der Waals surface area contributed by atoms with E-state index in [0.717, 1.165) is 16.7 Å². The van der Waals surface area contributed by atoms with Gasteiger partial charge < -0.3 is 0 Å². The van der Waals surface area contributed by atoms with Crippen LogP contribution in [0.4, 0.5) is 11.4 Å². The molecule has 4 heteroatoms. The van der Waals surface area contributed by atoms with Gasteiger partial charge in [-0.15, -0.1) is 0 Å². The molecule has 108 valence electrons. The first-order valence-corrected chi connectivity index (χ1v) is 10.5. The van der Waals surface area contributed by atoms with E-state index in [1.165, 1.54) is 32.3 Å². The second-order valence-electron chi connectivity index (χ2n) is 6.54. The summed E-state index contributed by atoms with van der Waals surface area (Å²) >= 11 is -0.626. The molecule has 2 aromatic carbocycles. The molecule has 0 radical (unpaired) electrons. The van der Waals surface area contributed by atoms with Crippen molar-refractivity contribution in [2.24, 2.45) is 4.99 Å². The van der Waals surface area contributed by atoms with Crippen molar-refractivity contribution in [3.63, 3.8) is 0 Å². The summed E-state index contributed by atoms with van der Waals surface area (Å²) in [4.78, 5) is 12.4. The summed E-state index contributed by atoms with van der Waals surface area (Å²) in [5.41, 5.74) is 7.00. The van der Waals surface area contributed by atoms with Crippen LogP contribution in [0.3, 0.4) is 0 Å². The van der Waals surface area contributed by atoms with Crippen molar-refractivity contribution in [3.05, 3.63) is 53.7 Å². The minimum absolute atomic E-state index is 0.100. The van der Waals surface area contributed by atoms with Crippen LogP contribution in [0.2, 0.25) is 0 Å². The molecule has 1 unspecified atom stereocenters. The van der Waals surface area contributed by atoms with Crippen LogP contribution in [0, 0.1) is 0 Å². The molecule has 0 saturated heterocycles. The molecule has 0 bridgehead atoms. The average molecular weight is 356 g/mol. The number of hydrogen-bond acceptors (Lipinski definition) is 3. The number of pyridine rings is 1. The number of nitrogens with zero attached hydrogens (tertiary/aromatic N) is 2. The molecule has 0 amide bonds. The number of aliphatic imine (C=N–C) groups is 1. The van der Waals surface area contributed by atoms with Crippen LogP contribution in [0.15, 0.2) is 53.2 Å². The molecule has 23 heavy (non-hydrogen) atoms. The Hall–Kier alpha value is -2.27. The number of anilines is 1. The Labute approximate surface area is 139 Å². The van der Waals surface area contributed by atoms with E-state index >= 15 is 0 Å². The van der Waals surface area contributed by atoms with Crippen molar-refractivity contribution >= 4 is 57.6 Å². The fourth-order valence-corrected chi connectivity index (χ4v) is 7.05. The first-order chi connectivity index (χ1) is 11.3. The summed E-state index contributed by atoms with van der Waals surface area (Å²) in [6.07, 6.45) is 2.29. The van der Waals surface area contributed by atoms with E-state index in [9.17, 15) is 0 Å². The number of allylic oxidation sites excluding steroid dienone is 2. The maximum absolute atomic E-state index is 5.08. The third-order valence-corrected chi connectivity index (χ3v) is 8.33. The predicted octanol–water partition coefficient (Wildman–Crippen LogP) is 3.25. The Morgan fingerprint density at radius 1 is 1.04 bits per heavy atom. The van der Waals surface area contributed by atoms with Crippen LogP contribution < -0.4 is 5.32 Å². The molecular weight excluding hydrogens is 343 g/mol. The summed E-state index contributed by atoms with van der Waals surface area (Å²) in [6, 6.07) is 12.7. The van der Waals surface area contributed by atoms with Crippen molar-refractivity contribution < 1.29 is 0 Å². The molecule has 3 aliphatic heterocycles. The zero-order valence-corrected chi connectivity index (χ0v) is 15.0. The summed E-state index contributed by atoms with van der Waals surface area (Å²) in [5.74, 6) is 0. The molecule has 6 rings (SSSR count). The van der Waals surface area contributed by atoms with E-state index in [0.29, 0.717) is 0 Å². The van der Waals surface area contributed by atoms with Crippen LogP contribution in [0.25, 0.3) is 21.8 Å². The number of aromatic nitrogens is 1. The van der Waals surface area contributed by atoms with E-state index in [1.54, 1.807) is 0 Å². The Bertz CT molecular complexity index is 1160. The normalized spacial score (nSPS) is 23.0. The van der Waals surface area contributed by atoms with Gasteiger partial charge in [-0.05, 0) is 0 Å². The average Bonchev–Trinajstić information content (AvgIpc) is 2.56. The zero-order valence-electron chi connectivity index (χ0n) is 12.6. The van der Waals surface area contributed by atoms with Gasteiger partial charge >= 0.3 is 139 Å². The Morgan fingerprint density at radius 2 is 1.87 bits per heavy atom. The molecule has 1 atom stereocenters. The van der Waals surface area contributed by atoms with E-state index in [2.05, 4.69) is 59.6 Å². The van der Waals surface area contributed by atoms with Gasteiger partial charge in [-0.2, -0.15) is 0 Å². The van der Waals surface area contributed by atoms with Gasteiger partial charge in [0.25, 0.3) is 0 Å². The summed E-state index contributed by atoms with van der Waals surface area (Å²) in [7, 11) is 0. The van der Waals surface area contributed by atoms with Crippen molar-refractivity contribution in [1.29, 1.82) is 0 Å². The van der Waals surface area contributed by atoms with Crippen LogP contribution in [0.1, 0.15) is 12.5 Å². The van der Waals surface area contributed by atoms with Gasteiger partial charge in [-0.25, -0.2) is 0 Å². The first-order valence-electron chi connectivity index (χ1n) is 7.88. The van der Waals surface area contributed by atoms with Crippen LogP contribution in [-0.2, 0) is 5.41 Å². The third kappa shape index (κ3) is 1.28. The summed E-state index contributed by atoms with van der Waals surface area (Å²) in [6.45, 7) is 2.34. The van der Waals surface area contributed by atoms with Gasteiger partial charge in [0.2, 0.25) is 0 Å². The van der Waals surface area contributed by atoms with Crippen LogP contribution in [-0.4, -0.2) is 29.4 Å². The molecule has 1 aromatic heterocycles. The SMILES string of the molecule is CC12C3=C[CH]=[GeH][C]1=Nc1cccc4nc5cccc(c5c2c14)N3. The van der Waals surface area contributed by atoms with Crippen LogP contribution in [0.5, 0.6) is 0 Å². The Kier molecular flexibility index (Phi) is 2.01. The molecule has 0 saturated carbocycles. The fraction of sp³-hybridized carbons (Fsp3) is 0.105. The molecule has 3 nitrogen and oxygen atoms in total. The monoisotopic (exact) mass is 357 g/mol. The molecule has 0 spiro atoms. The van der Waals surface area contributed by atoms with Crippen molar-refractivity contribution in [2.45, 2.75) is 12.3 Å². The van der Waals surface area contributed by atoms with E-state index < -0.39 is 15.0 Å². The van der Waals surface area contributed by atoms with Crippen molar-refractivity contribution in [2.75, 3.05) is 5.32 Å². The van der Waals surface area contributed by atoms with E-state index in [-0.39, 0.29) is 5.41 Å². The van der Waals surface area contributed by atoms with Gasteiger partial charge in [0.05, 0.1) is 0 Å². The summed E-state index contributed by atoms with van der Waals surface area (Å²) < 4.78 is 1.38. The maximum atomic E-state index is 5.08. The molecule has 3 aliphatic rings. The molecular formula is C19H13GeN3. The number of hydrogen-bond donors (Lipinski definition) is 1. The quantitative estimate of drug-likeness (QED) is 0.496. The number of rotatable bonds is 0. The van der Waals surface area contributed by atoms with E-state index in [4.69, 9.17) is 9.98 Å². The van der Waals surface area contributed by atoms with Crippen molar-refractivity contribution in [3.8, 4) is 0 Å². The standard InChI is InChI=1S/C19H13GeN3/c1-19-14-8-9-20-18(19)23-13-7-3-5-11-16(13)17(19)15-10(21-11)4-2-6-12(15)22-14/h2-9,20,22H,1H3. The fourth-order valence-electron chi connectivity index (χ4n) is 4.29. The van der Waals surface area contributed by atoms with Gasteiger partial charge in [-0.3, -0.25) is 0 Å². The minimum atomic E-state index is -0.626.